The Morgan fingerprint density at radius 2 is 1.94 bits per heavy atom. The highest BCUT2D eigenvalue weighted by molar-refractivity contribution is 5.81. The molecule has 0 aromatic heterocycles. The molecule has 0 atom stereocenters. The van der Waals surface area contributed by atoms with Crippen LogP contribution in [0.4, 0.5) is 0 Å². The zero-order valence-corrected chi connectivity index (χ0v) is 9.74. The van der Waals surface area contributed by atoms with Gasteiger partial charge in [-0.2, -0.15) is 0 Å². The number of benzene rings is 1. The van der Waals surface area contributed by atoms with E-state index in [0.717, 1.165) is 12.0 Å². The number of ether oxygens (including phenoxy) is 1. The van der Waals surface area contributed by atoms with Gasteiger partial charge in [0, 0.05) is 6.08 Å². The summed E-state index contributed by atoms with van der Waals surface area (Å²) in [4.78, 5) is 10.9. The van der Waals surface area contributed by atoms with Crippen molar-refractivity contribution in [1.29, 1.82) is 0 Å². The normalized spacial score (nSPS) is 9.81. The van der Waals surface area contributed by atoms with Crippen LogP contribution < -0.4 is 0 Å². The van der Waals surface area contributed by atoms with E-state index in [-0.39, 0.29) is 5.97 Å². The molecule has 1 aromatic rings. The van der Waals surface area contributed by atoms with E-state index in [9.17, 15) is 4.79 Å². The molecule has 2 nitrogen and oxygen atoms in total. The molecule has 0 N–H and O–H groups in total. The van der Waals surface area contributed by atoms with E-state index in [1.165, 1.54) is 24.5 Å². The van der Waals surface area contributed by atoms with Crippen LogP contribution >= 0.6 is 0 Å². The lowest BCUT2D eigenvalue weighted by Gasteiger charge is -2.04. The van der Waals surface area contributed by atoms with E-state index in [1.54, 1.807) is 0 Å². The van der Waals surface area contributed by atoms with Crippen molar-refractivity contribution in [2.45, 2.75) is 32.8 Å². The van der Waals surface area contributed by atoms with Crippen LogP contribution in [0.2, 0.25) is 0 Å². The molecule has 16 heavy (non-hydrogen) atoms. The van der Waals surface area contributed by atoms with Gasteiger partial charge in [0.05, 0.1) is 0 Å². The van der Waals surface area contributed by atoms with Gasteiger partial charge in [-0.3, -0.25) is 0 Å². The average molecular weight is 218 g/mol. The van der Waals surface area contributed by atoms with E-state index in [2.05, 4.69) is 25.6 Å². The van der Waals surface area contributed by atoms with E-state index < -0.39 is 0 Å². The first-order chi connectivity index (χ1) is 7.76. The first kappa shape index (κ1) is 12.5. The zero-order chi connectivity index (χ0) is 11.8. The molecule has 1 rings (SSSR count). The number of unbranched alkanes of at least 4 members (excludes halogenated alkanes) is 1. The van der Waals surface area contributed by atoms with Crippen molar-refractivity contribution in [2.24, 2.45) is 0 Å². The maximum atomic E-state index is 10.9. The lowest BCUT2D eigenvalue weighted by molar-refractivity contribution is -0.138. The molecular formula is C14H18O2. The molecule has 0 spiro atoms. The second-order valence-electron chi connectivity index (χ2n) is 3.73. The SMILES string of the molecule is C=CC(=O)OCc1ccc(CCCC)cc1. The fourth-order valence-corrected chi connectivity index (χ4v) is 1.40. The van der Waals surface area contributed by atoms with Crippen LogP contribution in [0.1, 0.15) is 30.9 Å². The Morgan fingerprint density at radius 1 is 1.31 bits per heavy atom. The molecule has 0 saturated carbocycles. The van der Waals surface area contributed by atoms with Crippen molar-refractivity contribution in [3.8, 4) is 0 Å². The summed E-state index contributed by atoms with van der Waals surface area (Å²) in [6, 6.07) is 8.18. The van der Waals surface area contributed by atoms with Crippen molar-refractivity contribution in [3.05, 3.63) is 48.0 Å². The van der Waals surface area contributed by atoms with Crippen molar-refractivity contribution in [3.63, 3.8) is 0 Å². The van der Waals surface area contributed by atoms with Crippen LogP contribution in [0.5, 0.6) is 0 Å². The Bertz CT molecular complexity index is 338. The summed E-state index contributed by atoms with van der Waals surface area (Å²) in [5.74, 6) is -0.380. The second-order valence-corrected chi connectivity index (χ2v) is 3.73. The summed E-state index contributed by atoms with van der Waals surface area (Å²) >= 11 is 0. The Morgan fingerprint density at radius 3 is 2.50 bits per heavy atom. The summed E-state index contributed by atoms with van der Waals surface area (Å²) in [6.45, 7) is 5.85. The van der Waals surface area contributed by atoms with Gasteiger partial charge >= 0.3 is 5.97 Å². The van der Waals surface area contributed by atoms with Crippen molar-refractivity contribution in [2.75, 3.05) is 0 Å². The van der Waals surface area contributed by atoms with Gasteiger partial charge in [-0.25, -0.2) is 4.79 Å². The number of hydrogen-bond acceptors (Lipinski definition) is 2. The van der Waals surface area contributed by atoms with Crippen LogP contribution in [0.3, 0.4) is 0 Å². The standard InChI is InChI=1S/C14H18O2/c1-3-5-6-12-7-9-13(10-8-12)11-16-14(15)4-2/h4,7-10H,2-3,5-6,11H2,1H3. The van der Waals surface area contributed by atoms with Gasteiger partial charge in [0.25, 0.3) is 0 Å². The van der Waals surface area contributed by atoms with Gasteiger partial charge in [-0.05, 0) is 24.0 Å². The average Bonchev–Trinajstić information content (AvgIpc) is 2.34. The molecular weight excluding hydrogens is 200 g/mol. The smallest absolute Gasteiger partial charge is 0.330 e. The summed E-state index contributed by atoms with van der Waals surface area (Å²) < 4.78 is 4.94. The predicted octanol–water partition coefficient (Wildman–Crippen LogP) is 3.26. The molecule has 2 heteroatoms. The highest BCUT2D eigenvalue weighted by atomic mass is 16.5. The topological polar surface area (TPSA) is 26.3 Å². The highest BCUT2D eigenvalue weighted by Gasteiger charge is 1.98. The van der Waals surface area contributed by atoms with Crippen LogP contribution in [0.25, 0.3) is 0 Å². The highest BCUT2D eigenvalue weighted by Crippen LogP contribution is 2.08. The van der Waals surface area contributed by atoms with Crippen molar-refractivity contribution >= 4 is 5.97 Å². The lowest BCUT2D eigenvalue weighted by atomic mass is 10.1. The van der Waals surface area contributed by atoms with Gasteiger partial charge in [-0.15, -0.1) is 0 Å². The summed E-state index contributed by atoms with van der Waals surface area (Å²) in [6.07, 6.45) is 4.71. The second kappa shape index (κ2) is 6.83. The number of carbonyl (C=O) groups is 1. The minimum absolute atomic E-state index is 0.318. The third-order valence-electron chi connectivity index (χ3n) is 2.39. The van der Waals surface area contributed by atoms with Gasteiger partial charge in [0.15, 0.2) is 0 Å². The minimum Gasteiger partial charge on any atom is -0.458 e. The van der Waals surface area contributed by atoms with Gasteiger partial charge < -0.3 is 4.74 Å². The number of hydrogen-bond donors (Lipinski definition) is 0. The van der Waals surface area contributed by atoms with E-state index in [0.29, 0.717) is 6.61 Å². The quantitative estimate of drug-likeness (QED) is 0.541. The maximum absolute atomic E-state index is 10.9. The monoisotopic (exact) mass is 218 g/mol. The van der Waals surface area contributed by atoms with Gasteiger partial charge in [0.1, 0.15) is 6.61 Å². The molecule has 1 aromatic carbocycles. The van der Waals surface area contributed by atoms with Crippen LogP contribution in [-0.4, -0.2) is 5.97 Å². The summed E-state index contributed by atoms with van der Waals surface area (Å²) in [5, 5.41) is 0. The molecule has 0 bridgehead atoms. The first-order valence-corrected chi connectivity index (χ1v) is 5.63. The Hall–Kier alpha value is -1.57. The van der Waals surface area contributed by atoms with Crippen LogP contribution in [-0.2, 0) is 22.6 Å². The van der Waals surface area contributed by atoms with E-state index in [1.807, 2.05) is 12.1 Å². The first-order valence-electron chi connectivity index (χ1n) is 5.63. The molecule has 86 valence electrons. The number of carbonyl (C=O) groups excluding carboxylic acids is 1. The molecule has 0 saturated heterocycles. The Labute approximate surface area is 96.9 Å². The largest absolute Gasteiger partial charge is 0.458 e. The molecule has 0 radical (unpaired) electrons. The molecule has 0 unspecified atom stereocenters. The molecule has 0 aliphatic carbocycles. The van der Waals surface area contributed by atoms with Gasteiger partial charge in [0.2, 0.25) is 0 Å². The van der Waals surface area contributed by atoms with Crippen LogP contribution in [0, 0.1) is 0 Å². The molecule has 0 heterocycles. The minimum atomic E-state index is -0.380. The number of esters is 1. The molecule has 0 aliphatic rings. The van der Waals surface area contributed by atoms with E-state index >= 15 is 0 Å². The predicted molar refractivity (Wildman–Crippen MR) is 65.0 cm³/mol. The maximum Gasteiger partial charge on any atom is 0.330 e. The molecule has 0 aliphatic heterocycles. The summed E-state index contributed by atoms with van der Waals surface area (Å²) in [7, 11) is 0. The number of aryl methyl sites for hydroxylation is 1. The summed E-state index contributed by atoms with van der Waals surface area (Å²) in [5.41, 5.74) is 2.34. The fraction of sp³-hybridized carbons (Fsp3) is 0.357. The van der Waals surface area contributed by atoms with Crippen molar-refractivity contribution < 1.29 is 9.53 Å². The van der Waals surface area contributed by atoms with E-state index in [4.69, 9.17) is 4.74 Å². The van der Waals surface area contributed by atoms with Gasteiger partial charge in [-0.1, -0.05) is 44.2 Å². The van der Waals surface area contributed by atoms with Crippen molar-refractivity contribution in [1.82, 2.24) is 0 Å². The zero-order valence-electron chi connectivity index (χ0n) is 9.74. The number of rotatable bonds is 6. The Balaban J connectivity index is 2.44. The lowest BCUT2D eigenvalue weighted by Crippen LogP contribution is -2.00. The Kier molecular flexibility index (Phi) is 5.34. The molecule has 0 amide bonds. The fourth-order valence-electron chi connectivity index (χ4n) is 1.40. The van der Waals surface area contributed by atoms with Crippen LogP contribution in [0.15, 0.2) is 36.9 Å². The third-order valence-corrected chi connectivity index (χ3v) is 2.39. The molecule has 0 fully saturated rings. The third kappa shape index (κ3) is 4.30.